The summed E-state index contributed by atoms with van der Waals surface area (Å²) in [5.41, 5.74) is 5.16. The van der Waals surface area contributed by atoms with Gasteiger partial charge in [-0.3, -0.25) is 0 Å². The van der Waals surface area contributed by atoms with Crippen LogP contribution in [0.3, 0.4) is 0 Å². The highest BCUT2D eigenvalue weighted by Gasteiger charge is 2.21. The highest BCUT2D eigenvalue weighted by atomic mass is 32.1. The highest BCUT2D eigenvalue weighted by molar-refractivity contribution is 7.27. The van der Waals surface area contributed by atoms with Gasteiger partial charge in [0.15, 0.2) is 17.5 Å². The second-order valence-corrected chi connectivity index (χ2v) is 13.4. The van der Waals surface area contributed by atoms with Crippen LogP contribution in [0.1, 0.15) is 0 Å². The molecule has 4 heteroatoms. The van der Waals surface area contributed by atoms with Gasteiger partial charge >= 0.3 is 0 Å². The van der Waals surface area contributed by atoms with E-state index in [1.807, 2.05) is 47.7 Å². The molecule has 0 unspecified atom stereocenters. The first-order chi connectivity index (χ1) is 24.3. The molecule has 0 bridgehead atoms. The first kappa shape index (κ1) is 27.8. The molecule has 2 aromatic heterocycles. The van der Waals surface area contributed by atoms with Crippen molar-refractivity contribution in [3.8, 4) is 45.3 Å². The molecule has 0 fully saturated rings. The summed E-state index contributed by atoms with van der Waals surface area (Å²) in [6, 6.07) is 57.9. The average molecular weight is 642 g/mol. The fraction of sp³-hybridized carbons (Fsp3) is 0. The SMILES string of the molecule is c1ccc(-c2nc(-c3ccccc3)nc(-c3ccccc3-c3cc4ccc5ccccc5c4c4sc5cc6ccccc6cc5c34)n2)cc1. The molecule has 49 heavy (non-hydrogen) atoms. The van der Waals surface area contributed by atoms with Crippen molar-refractivity contribution < 1.29 is 0 Å². The van der Waals surface area contributed by atoms with Crippen molar-refractivity contribution in [2.24, 2.45) is 0 Å². The lowest BCUT2D eigenvalue weighted by molar-refractivity contribution is 1.07. The van der Waals surface area contributed by atoms with Crippen molar-refractivity contribution in [3.05, 3.63) is 164 Å². The summed E-state index contributed by atoms with van der Waals surface area (Å²) in [5, 5.41) is 10.1. The van der Waals surface area contributed by atoms with Crippen LogP contribution in [0.4, 0.5) is 0 Å². The van der Waals surface area contributed by atoms with E-state index in [-0.39, 0.29) is 0 Å². The molecule has 0 saturated carbocycles. The fourth-order valence-corrected chi connectivity index (χ4v) is 8.50. The van der Waals surface area contributed by atoms with Crippen molar-refractivity contribution >= 4 is 63.8 Å². The maximum absolute atomic E-state index is 5.14. The molecule has 0 aliphatic heterocycles. The third kappa shape index (κ3) is 4.61. The van der Waals surface area contributed by atoms with Gasteiger partial charge in [-0.2, -0.15) is 0 Å². The van der Waals surface area contributed by atoms with Crippen LogP contribution < -0.4 is 0 Å². The largest absolute Gasteiger partial charge is 0.208 e. The molecule has 0 N–H and O–H groups in total. The van der Waals surface area contributed by atoms with E-state index in [0.717, 1.165) is 22.3 Å². The second-order valence-electron chi connectivity index (χ2n) is 12.4. The molecule has 3 nitrogen and oxygen atoms in total. The fourth-order valence-electron chi connectivity index (χ4n) is 7.17. The van der Waals surface area contributed by atoms with Gasteiger partial charge in [-0.25, -0.2) is 15.0 Å². The third-order valence-electron chi connectivity index (χ3n) is 9.47. The van der Waals surface area contributed by atoms with Crippen LogP contribution in [0.5, 0.6) is 0 Å². The van der Waals surface area contributed by atoms with E-state index in [1.165, 1.54) is 58.1 Å². The van der Waals surface area contributed by atoms with Gasteiger partial charge in [-0.1, -0.05) is 146 Å². The number of benzene rings is 8. The van der Waals surface area contributed by atoms with Crippen LogP contribution in [-0.2, 0) is 0 Å². The Morgan fingerprint density at radius 3 is 1.61 bits per heavy atom. The molecule has 0 atom stereocenters. The Morgan fingerprint density at radius 2 is 0.898 bits per heavy atom. The number of hydrogen-bond donors (Lipinski definition) is 0. The number of hydrogen-bond acceptors (Lipinski definition) is 4. The quantitative estimate of drug-likeness (QED) is 0.180. The molecule has 10 aromatic rings. The van der Waals surface area contributed by atoms with E-state index in [2.05, 4.69) is 127 Å². The molecule has 0 saturated heterocycles. The van der Waals surface area contributed by atoms with Crippen molar-refractivity contribution in [2.45, 2.75) is 0 Å². The van der Waals surface area contributed by atoms with Crippen LogP contribution in [0.15, 0.2) is 164 Å². The summed E-state index contributed by atoms with van der Waals surface area (Å²) in [5.74, 6) is 1.96. The first-order valence-electron chi connectivity index (χ1n) is 16.4. The number of fused-ring (bicyclic) bond motifs is 8. The second kappa shape index (κ2) is 11.2. The molecule has 0 radical (unpaired) electrons. The monoisotopic (exact) mass is 641 g/mol. The van der Waals surface area contributed by atoms with Crippen LogP contribution >= 0.6 is 11.3 Å². The van der Waals surface area contributed by atoms with Crippen LogP contribution in [-0.4, -0.2) is 15.0 Å². The van der Waals surface area contributed by atoms with Gasteiger partial charge in [0, 0.05) is 42.2 Å². The Labute approximate surface area is 286 Å². The molecular formula is C45H27N3S. The minimum atomic E-state index is 0.653. The number of rotatable bonds is 4. The van der Waals surface area contributed by atoms with E-state index in [0.29, 0.717) is 17.5 Å². The zero-order valence-electron chi connectivity index (χ0n) is 26.3. The standard InChI is InChI=1S/C45H27N3S/c1-3-14-29(15-4-1)43-46-44(30-16-5-2-6-17-30)48-45(47-43)36-22-12-11-21-35(36)37-26-33-24-23-28-13-9-10-20-34(28)40(33)42-41(37)38-25-31-18-7-8-19-32(31)27-39(38)49-42/h1-27H. The van der Waals surface area contributed by atoms with E-state index >= 15 is 0 Å². The number of nitrogens with zero attached hydrogens (tertiary/aromatic N) is 3. The maximum atomic E-state index is 5.14. The van der Waals surface area contributed by atoms with Gasteiger partial charge in [-0.05, 0) is 56.3 Å². The van der Waals surface area contributed by atoms with Crippen molar-refractivity contribution in [1.82, 2.24) is 15.0 Å². The summed E-state index contributed by atoms with van der Waals surface area (Å²) in [6.07, 6.45) is 0. The van der Waals surface area contributed by atoms with E-state index in [4.69, 9.17) is 15.0 Å². The zero-order chi connectivity index (χ0) is 32.3. The number of thiophene rings is 1. The van der Waals surface area contributed by atoms with Gasteiger partial charge in [0.25, 0.3) is 0 Å². The van der Waals surface area contributed by atoms with E-state index < -0.39 is 0 Å². The highest BCUT2D eigenvalue weighted by Crippen LogP contribution is 2.48. The third-order valence-corrected chi connectivity index (χ3v) is 10.6. The zero-order valence-corrected chi connectivity index (χ0v) is 27.2. The Bertz CT molecular complexity index is 2820. The van der Waals surface area contributed by atoms with Crippen LogP contribution in [0.2, 0.25) is 0 Å². The number of aromatic nitrogens is 3. The minimum Gasteiger partial charge on any atom is -0.208 e. The summed E-state index contributed by atoms with van der Waals surface area (Å²) < 4.78 is 2.58. The summed E-state index contributed by atoms with van der Waals surface area (Å²) in [4.78, 5) is 15.2. The first-order valence-corrected chi connectivity index (χ1v) is 17.3. The van der Waals surface area contributed by atoms with Crippen LogP contribution in [0, 0.1) is 0 Å². The summed E-state index contributed by atoms with van der Waals surface area (Å²) in [7, 11) is 0. The molecule has 0 aliphatic carbocycles. The van der Waals surface area contributed by atoms with Crippen molar-refractivity contribution in [2.75, 3.05) is 0 Å². The molecule has 0 amide bonds. The lowest BCUT2D eigenvalue weighted by Gasteiger charge is -2.15. The van der Waals surface area contributed by atoms with Gasteiger partial charge < -0.3 is 0 Å². The Hall–Kier alpha value is -6.23. The van der Waals surface area contributed by atoms with Gasteiger partial charge in [-0.15, -0.1) is 11.3 Å². The van der Waals surface area contributed by atoms with Gasteiger partial charge in [0.05, 0.1) is 0 Å². The summed E-state index contributed by atoms with van der Waals surface area (Å²) in [6.45, 7) is 0. The molecule has 0 spiro atoms. The lowest BCUT2D eigenvalue weighted by Crippen LogP contribution is -2.01. The molecular weight excluding hydrogens is 615 g/mol. The molecule has 228 valence electrons. The lowest BCUT2D eigenvalue weighted by atomic mass is 9.90. The smallest absolute Gasteiger partial charge is 0.164 e. The Balaban J connectivity index is 1.31. The maximum Gasteiger partial charge on any atom is 0.164 e. The normalized spacial score (nSPS) is 11.7. The average Bonchev–Trinajstić information content (AvgIpc) is 3.55. The molecule has 2 heterocycles. The molecule has 10 rings (SSSR count). The summed E-state index contributed by atoms with van der Waals surface area (Å²) >= 11 is 1.89. The van der Waals surface area contributed by atoms with Crippen LogP contribution in [0.25, 0.3) is 97.8 Å². The predicted molar refractivity (Wildman–Crippen MR) is 207 cm³/mol. The van der Waals surface area contributed by atoms with Crippen molar-refractivity contribution in [1.29, 1.82) is 0 Å². The van der Waals surface area contributed by atoms with Gasteiger partial charge in [0.2, 0.25) is 0 Å². The molecule has 8 aromatic carbocycles. The van der Waals surface area contributed by atoms with Crippen molar-refractivity contribution in [3.63, 3.8) is 0 Å². The van der Waals surface area contributed by atoms with E-state index in [9.17, 15) is 0 Å². The predicted octanol–water partition coefficient (Wildman–Crippen LogP) is 12.4. The van der Waals surface area contributed by atoms with E-state index in [1.54, 1.807) is 0 Å². The Kier molecular flexibility index (Phi) is 6.36. The minimum absolute atomic E-state index is 0.653. The van der Waals surface area contributed by atoms with Gasteiger partial charge in [0.1, 0.15) is 0 Å². The Morgan fingerprint density at radius 1 is 0.347 bits per heavy atom. The molecule has 0 aliphatic rings. The topological polar surface area (TPSA) is 38.7 Å².